The second-order valence-corrected chi connectivity index (χ2v) is 5.71. The summed E-state index contributed by atoms with van der Waals surface area (Å²) in [6.07, 6.45) is 1.79. The Morgan fingerprint density at radius 2 is 2.19 bits per heavy atom. The first kappa shape index (κ1) is 13.5. The fourth-order valence-corrected chi connectivity index (χ4v) is 2.80. The zero-order chi connectivity index (χ0) is 12.2. The number of hydrogen-bond acceptors (Lipinski definition) is 4. The summed E-state index contributed by atoms with van der Waals surface area (Å²) in [6, 6.07) is 0. The van der Waals surface area contributed by atoms with Crippen LogP contribution in [-0.4, -0.2) is 33.5 Å². The molecule has 1 fully saturated rings. The number of alkyl halides is 1. The van der Waals surface area contributed by atoms with Crippen LogP contribution in [0.25, 0.3) is 0 Å². The van der Waals surface area contributed by atoms with Crippen LogP contribution in [0.1, 0.15) is 19.3 Å². The van der Waals surface area contributed by atoms with E-state index in [0.717, 1.165) is 26.4 Å². The predicted molar refractivity (Wildman–Crippen MR) is 59.4 cm³/mol. The van der Waals surface area contributed by atoms with Crippen LogP contribution < -0.4 is 9.44 Å². The SMILES string of the molecule is COC(=O)NS(=O)(=O)NCC1CCCC1Cl. The molecule has 0 aliphatic heterocycles. The van der Waals surface area contributed by atoms with Gasteiger partial charge in [-0.1, -0.05) is 6.42 Å². The average Bonchev–Trinajstić information content (AvgIpc) is 2.60. The van der Waals surface area contributed by atoms with Crippen LogP contribution in [0.15, 0.2) is 0 Å². The number of methoxy groups -OCH3 is 1. The van der Waals surface area contributed by atoms with Gasteiger partial charge < -0.3 is 4.74 Å². The van der Waals surface area contributed by atoms with Crippen LogP contribution in [0, 0.1) is 5.92 Å². The topological polar surface area (TPSA) is 84.5 Å². The fraction of sp³-hybridized carbons (Fsp3) is 0.875. The van der Waals surface area contributed by atoms with Gasteiger partial charge in [-0.05, 0) is 18.8 Å². The molecule has 0 bridgehead atoms. The number of halogens is 1. The summed E-state index contributed by atoms with van der Waals surface area (Å²) in [5.41, 5.74) is 0. The van der Waals surface area contributed by atoms with E-state index in [1.54, 1.807) is 4.72 Å². The standard InChI is InChI=1S/C8H15ClN2O4S/c1-15-8(12)11-16(13,14)10-5-6-3-2-4-7(6)9/h6-7,10H,2-5H2,1H3,(H,11,12). The minimum Gasteiger partial charge on any atom is -0.452 e. The Balaban J connectivity index is 2.38. The van der Waals surface area contributed by atoms with Gasteiger partial charge in [-0.25, -0.2) is 9.52 Å². The molecule has 1 rings (SSSR count). The van der Waals surface area contributed by atoms with Crippen LogP contribution in [0.4, 0.5) is 4.79 Å². The number of ether oxygens (including phenoxy) is 1. The average molecular weight is 271 g/mol. The lowest BCUT2D eigenvalue weighted by atomic mass is 10.1. The van der Waals surface area contributed by atoms with E-state index >= 15 is 0 Å². The van der Waals surface area contributed by atoms with Gasteiger partial charge in [-0.15, -0.1) is 11.6 Å². The molecule has 0 spiro atoms. The molecule has 2 atom stereocenters. The first-order valence-electron chi connectivity index (χ1n) is 4.94. The van der Waals surface area contributed by atoms with Crippen LogP contribution in [0.3, 0.4) is 0 Å². The fourth-order valence-electron chi connectivity index (χ4n) is 1.63. The molecule has 0 radical (unpaired) electrons. The number of amides is 1. The molecule has 0 heterocycles. The Hall–Kier alpha value is -0.530. The van der Waals surface area contributed by atoms with Crippen molar-refractivity contribution in [2.45, 2.75) is 24.6 Å². The van der Waals surface area contributed by atoms with E-state index in [4.69, 9.17) is 11.6 Å². The molecule has 0 aromatic rings. The van der Waals surface area contributed by atoms with Crippen molar-refractivity contribution < 1.29 is 17.9 Å². The summed E-state index contributed by atoms with van der Waals surface area (Å²) in [5, 5.41) is 0.000765. The molecule has 1 aliphatic carbocycles. The lowest BCUT2D eigenvalue weighted by molar-refractivity contribution is 0.177. The third-order valence-corrected chi connectivity index (χ3v) is 4.06. The first-order chi connectivity index (χ1) is 7.44. The molecule has 0 saturated heterocycles. The lowest BCUT2D eigenvalue weighted by Crippen LogP contribution is -2.42. The number of nitrogens with one attached hydrogen (secondary N) is 2. The van der Waals surface area contributed by atoms with Crippen molar-refractivity contribution >= 4 is 27.9 Å². The molecule has 6 nitrogen and oxygen atoms in total. The third-order valence-electron chi connectivity index (χ3n) is 2.50. The van der Waals surface area contributed by atoms with Crippen molar-refractivity contribution in [3.63, 3.8) is 0 Å². The van der Waals surface area contributed by atoms with Gasteiger partial charge in [0.1, 0.15) is 0 Å². The van der Waals surface area contributed by atoms with Gasteiger partial charge in [-0.2, -0.15) is 13.1 Å². The second kappa shape index (κ2) is 5.70. The number of rotatable bonds is 4. The highest BCUT2D eigenvalue weighted by Crippen LogP contribution is 2.29. The van der Waals surface area contributed by atoms with Crippen molar-refractivity contribution in [1.29, 1.82) is 0 Å². The Labute approximate surface area is 99.9 Å². The molecule has 2 unspecified atom stereocenters. The Morgan fingerprint density at radius 3 is 2.69 bits per heavy atom. The predicted octanol–water partition coefficient (Wildman–Crippen LogP) is 0.584. The maximum absolute atomic E-state index is 11.3. The largest absolute Gasteiger partial charge is 0.452 e. The van der Waals surface area contributed by atoms with Crippen molar-refractivity contribution in [1.82, 2.24) is 9.44 Å². The zero-order valence-electron chi connectivity index (χ0n) is 8.90. The van der Waals surface area contributed by atoms with E-state index in [9.17, 15) is 13.2 Å². The zero-order valence-corrected chi connectivity index (χ0v) is 10.5. The quantitative estimate of drug-likeness (QED) is 0.732. The minimum absolute atomic E-state index is 0.000765. The first-order valence-corrected chi connectivity index (χ1v) is 6.86. The Morgan fingerprint density at radius 1 is 1.50 bits per heavy atom. The molecule has 8 heteroatoms. The minimum atomic E-state index is -3.84. The summed E-state index contributed by atoms with van der Waals surface area (Å²) in [5.74, 6) is 0.121. The van der Waals surface area contributed by atoms with Gasteiger partial charge in [-0.3, -0.25) is 0 Å². The maximum Gasteiger partial charge on any atom is 0.421 e. The number of carbonyl (C=O) groups is 1. The molecule has 1 aliphatic rings. The van der Waals surface area contributed by atoms with Crippen molar-refractivity contribution in [2.75, 3.05) is 13.7 Å². The van der Waals surface area contributed by atoms with Crippen molar-refractivity contribution in [3.8, 4) is 0 Å². The van der Waals surface area contributed by atoms with Crippen LogP contribution in [0.2, 0.25) is 0 Å². The van der Waals surface area contributed by atoms with Gasteiger partial charge in [0.2, 0.25) is 0 Å². The highest BCUT2D eigenvalue weighted by atomic mass is 35.5. The van der Waals surface area contributed by atoms with E-state index in [0.29, 0.717) is 0 Å². The highest BCUT2D eigenvalue weighted by Gasteiger charge is 2.26. The van der Waals surface area contributed by atoms with Gasteiger partial charge in [0, 0.05) is 11.9 Å². The summed E-state index contributed by atoms with van der Waals surface area (Å²) >= 11 is 5.99. The lowest BCUT2D eigenvalue weighted by Gasteiger charge is -2.14. The Kier molecular flexibility index (Phi) is 4.82. The van der Waals surface area contributed by atoms with Crippen molar-refractivity contribution in [3.05, 3.63) is 0 Å². The van der Waals surface area contributed by atoms with Gasteiger partial charge in [0.25, 0.3) is 0 Å². The molecule has 2 N–H and O–H groups in total. The van der Waals surface area contributed by atoms with E-state index in [-0.39, 0.29) is 17.8 Å². The number of carbonyl (C=O) groups excluding carboxylic acids is 1. The van der Waals surface area contributed by atoms with E-state index in [1.165, 1.54) is 0 Å². The summed E-state index contributed by atoms with van der Waals surface area (Å²) in [7, 11) is -2.74. The summed E-state index contributed by atoms with van der Waals surface area (Å²) in [6.45, 7) is 0.237. The Bertz CT molecular complexity index is 346. The molecule has 0 aromatic carbocycles. The molecular weight excluding hydrogens is 256 g/mol. The smallest absolute Gasteiger partial charge is 0.421 e. The highest BCUT2D eigenvalue weighted by molar-refractivity contribution is 7.88. The summed E-state index contributed by atoms with van der Waals surface area (Å²) < 4.78 is 30.8. The molecule has 1 amide bonds. The van der Waals surface area contributed by atoms with E-state index in [1.807, 2.05) is 0 Å². The van der Waals surface area contributed by atoms with Crippen LogP contribution >= 0.6 is 11.6 Å². The molecule has 94 valence electrons. The normalized spacial score (nSPS) is 25.4. The molecule has 16 heavy (non-hydrogen) atoms. The second-order valence-electron chi connectivity index (χ2n) is 3.65. The summed E-state index contributed by atoms with van der Waals surface area (Å²) in [4.78, 5) is 10.7. The van der Waals surface area contributed by atoms with E-state index < -0.39 is 16.3 Å². The van der Waals surface area contributed by atoms with Gasteiger partial charge in [0.05, 0.1) is 7.11 Å². The van der Waals surface area contributed by atoms with Crippen LogP contribution in [0.5, 0.6) is 0 Å². The maximum atomic E-state index is 11.3. The molecule has 1 saturated carbocycles. The monoisotopic (exact) mass is 270 g/mol. The molecular formula is C8H15ClN2O4S. The van der Waals surface area contributed by atoms with E-state index in [2.05, 4.69) is 9.46 Å². The van der Waals surface area contributed by atoms with Crippen LogP contribution in [-0.2, 0) is 14.9 Å². The number of hydrogen-bond donors (Lipinski definition) is 2. The van der Waals surface area contributed by atoms with Gasteiger partial charge in [0.15, 0.2) is 0 Å². The van der Waals surface area contributed by atoms with Crippen molar-refractivity contribution in [2.24, 2.45) is 5.92 Å². The molecule has 0 aromatic heterocycles. The van der Waals surface area contributed by atoms with Gasteiger partial charge >= 0.3 is 16.3 Å². The third kappa shape index (κ3) is 4.15.